The van der Waals surface area contributed by atoms with Crippen LogP contribution in [-0.4, -0.2) is 29.4 Å². The van der Waals surface area contributed by atoms with Crippen molar-refractivity contribution in [3.63, 3.8) is 0 Å². The van der Waals surface area contributed by atoms with Crippen molar-refractivity contribution in [2.24, 2.45) is 0 Å². The number of hydrogen-bond donors (Lipinski definition) is 6. The number of allylic oxidation sites excluding steroid dienone is 1. The maximum absolute atomic E-state index is 12.1. The van der Waals surface area contributed by atoms with E-state index in [1.807, 2.05) is 0 Å². The van der Waals surface area contributed by atoms with Gasteiger partial charge in [-0.05, 0) is 41.5 Å². The minimum atomic E-state index is -3.47. The number of hydrogen-bond acceptors (Lipinski definition) is 12. The van der Waals surface area contributed by atoms with Crippen molar-refractivity contribution in [2.45, 2.75) is 5.92 Å². The summed E-state index contributed by atoms with van der Waals surface area (Å²) in [6, 6.07) is 10.6. The first-order valence-corrected chi connectivity index (χ1v) is 18.2. The van der Waals surface area contributed by atoms with Gasteiger partial charge in [-0.3, -0.25) is 0 Å². The van der Waals surface area contributed by atoms with Crippen LogP contribution in [-0.2, 0) is 31.9 Å². The second-order valence-corrected chi connectivity index (χ2v) is 12.2. The fraction of sp³-hybridized carbons (Fsp3) is 0.0476. The molecule has 7 atom stereocenters. The van der Waals surface area contributed by atoms with Gasteiger partial charge in [-0.2, -0.15) is 0 Å². The van der Waals surface area contributed by atoms with Crippen molar-refractivity contribution in [2.75, 3.05) is 0 Å². The van der Waals surface area contributed by atoms with E-state index in [0.717, 1.165) is 30.3 Å². The van der Waals surface area contributed by atoms with Gasteiger partial charge in [-0.1, -0.05) is 12.1 Å². The van der Waals surface area contributed by atoms with Crippen LogP contribution in [0.4, 0.5) is 0 Å². The summed E-state index contributed by atoms with van der Waals surface area (Å²) < 4.78 is 99.6. The summed E-state index contributed by atoms with van der Waals surface area (Å²) in [4.78, 5) is 56.8. The zero-order valence-corrected chi connectivity index (χ0v) is 26.9. The quantitative estimate of drug-likeness (QED) is 0.111. The van der Waals surface area contributed by atoms with Crippen molar-refractivity contribution < 1.29 is 83.9 Å². The molecule has 232 valence electrons. The zero-order valence-electron chi connectivity index (χ0n) is 21.5. The largest absolute Gasteiger partial charge is 0.747 e. The second kappa shape index (κ2) is 14.8. The van der Waals surface area contributed by atoms with Crippen LogP contribution in [0.1, 0.15) is 28.2 Å². The van der Waals surface area contributed by atoms with E-state index in [2.05, 4.69) is 0 Å². The highest BCUT2D eigenvalue weighted by atomic mass is 31.1. The van der Waals surface area contributed by atoms with Crippen LogP contribution < -0.4 is 22.6 Å². The molecule has 0 heterocycles. The Morgan fingerprint density at radius 3 is 1.51 bits per heavy atom. The lowest BCUT2D eigenvalue weighted by atomic mass is 9.84. The third-order valence-corrected chi connectivity index (χ3v) is 7.80. The van der Waals surface area contributed by atoms with Crippen LogP contribution in [0.15, 0.2) is 54.6 Å². The molecule has 6 N–H and O–H groups in total. The summed E-state index contributed by atoms with van der Waals surface area (Å²) in [5, 5.41) is 0. The van der Waals surface area contributed by atoms with Gasteiger partial charge in [-0.25, -0.2) is 27.1 Å². The van der Waals surface area contributed by atoms with E-state index in [1.54, 1.807) is 0 Å². The first-order chi connectivity index (χ1) is 21.2. The van der Waals surface area contributed by atoms with Gasteiger partial charge in [-0.15, -0.1) is 29.4 Å². The summed E-state index contributed by atoms with van der Waals surface area (Å²) >= 11 is 0. The fourth-order valence-electron chi connectivity index (χ4n) is 4.47. The Balaban J connectivity index is 2.14. The number of rotatable bonds is 14. The second-order valence-electron chi connectivity index (χ2n) is 8.30. The van der Waals surface area contributed by atoms with Crippen molar-refractivity contribution in [3.05, 3.63) is 76.9 Å². The Morgan fingerprint density at radius 1 is 0.511 bits per heavy atom. The van der Waals surface area contributed by atoms with Crippen LogP contribution in [0, 0.1) is 0 Å². The zero-order chi connectivity index (χ0) is 33.0. The molecule has 3 aromatic rings. The van der Waals surface area contributed by atoms with E-state index in [0.29, 0.717) is 0 Å². The summed E-state index contributed by atoms with van der Waals surface area (Å²) in [5.74, 6) is -3.64. The van der Waals surface area contributed by atoms with Crippen molar-refractivity contribution >= 4 is 60.9 Å². The molecule has 7 unspecified atom stereocenters. The summed E-state index contributed by atoms with van der Waals surface area (Å²) in [6.07, 6.45) is 0. The highest BCUT2D eigenvalue weighted by Gasteiger charge is 2.44. The Hall–Kier alpha value is -3.44. The number of fused-ring (bicyclic) bond motifs is 1. The third kappa shape index (κ3) is 8.85. The Kier molecular flexibility index (Phi) is 11.3. The van der Waals surface area contributed by atoms with E-state index in [1.165, 1.54) is 24.3 Å². The topological polar surface area (TPSA) is 279 Å². The number of benzene rings is 3. The van der Waals surface area contributed by atoms with Crippen molar-refractivity contribution in [1.29, 1.82) is 0 Å². The van der Waals surface area contributed by atoms with Gasteiger partial charge in [0.2, 0.25) is 5.76 Å². The third-order valence-electron chi connectivity index (χ3n) is 5.64. The minimum Gasteiger partial charge on any atom is -0.229 e. The molecule has 0 amide bonds. The average molecular weight is 742 g/mol. The average Bonchev–Trinajstić information content (AvgIpc) is 3.20. The Bertz CT molecular complexity index is 1770. The molecular weight excluding hydrogens is 726 g/mol. The smallest absolute Gasteiger partial charge is 0.229 e. The van der Waals surface area contributed by atoms with Crippen LogP contribution in [0.3, 0.4) is 0 Å². The summed E-state index contributed by atoms with van der Waals surface area (Å²) in [7, 11) is -19.9. The SMILES string of the molecule is O=[P+](O)OC1=C(c2cccc(O[P+](=O)O)c2)C(c2cc(O[P+](=O)O)cc(O[P+](=O)O)c2)c2c(O[P+](=O)O)cc(O[P+](=O)O)cc21. The summed E-state index contributed by atoms with van der Waals surface area (Å²) in [6.45, 7) is 0. The van der Waals surface area contributed by atoms with Crippen LogP contribution >= 0.6 is 49.5 Å². The molecule has 0 bridgehead atoms. The fourth-order valence-corrected chi connectivity index (χ4v) is 6.30. The molecule has 4 rings (SSSR count). The van der Waals surface area contributed by atoms with E-state index in [-0.39, 0.29) is 45.1 Å². The molecule has 0 spiro atoms. The monoisotopic (exact) mass is 742 g/mol. The van der Waals surface area contributed by atoms with Gasteiger partial charge >= 0.3 is 49.5 Å². The summed E-state index contributed by atoms with van der Waals surface area (Å²) in [5.41, 5.74) is -0.335. The normalized spacial score (nSPS) is 15.7. The van der Waals surface area contributed by atoms with E-state index in [4.69, 9.17) is 27.1 Å². The molecule has 24 heteroatoms. The molecule has 3 aromatic carbocycles. The molecule has 0 radical (unpaired) electrons. The molecule has 1 aliphatic rings. The van der Waals surface area contributed by atoms with Crippen LogP contribution in [0.2, 0.25) is 0 Å². The Labute approximate surface area is 256 Å². The minimum absolute atomic E-state index is 0.0290. The molecule has 0 saturated carbocycles. The molecule has 0 aliphatic heterocycles. The van der Waals surface area contributed by atoms with Gasteiger partial charge in [0, 0.05) is 62.1 Å². The highest BCUT2D eigenvalue weighted by Crippen LogP contribution is 2.58. The van der Waals surface area contributed by atoms with Gasteiger partial charge in [0.25, 0.3) is 0 Å². The predicted molar refractivity (Wildman–Crippen MR) is 151 cm³/mol. The van der Waals surface area contributed by atoms with Gasteiger partial charge in [0.15, 0.2) is 28.7 Å². The standard InChI is InChI=1S/C21H10O18P6/c22-40(23)34-12-3-1-2-10(4-12)19-18(11-5-13(35-41(24)25)7-14(6-11)36-42(26)27)20-16(21(19)39-45(32)33)8-15(37-43(28)29)9-17(20)38-44(30)31/h1-9,18H/p+6. The van der Waals surface area contributed by atoms with E-state index >= 15 is 0 Å². The van der Waals surface area contributed by atoms with Gasteiger partial charge < -0.3 is 0 Å². The lowest BCUT2D eigenvalue weighted by Gasteiger charge is -2.18. The predicted octanol–water partition coefficient (Wildman–Crippen LogP) is 5.51. The first kappa shape index (κ1) is 34.4. The van der Waals surface area contributed by atoms with Crippen molar-refractivity contribution in [3.8, 4) is 28.7 Å². The molecule has 1 aliphatic carbocycles. The molecule has 0 fully saturated rings. The molecule has 0 saturated heterocycles. The molecular formula is C21H16O18P6+6. The maximum atomic E-state index is 12.1. The molecule has 18 nitrogen and oxygen atoms in total. The Morgan fingerprint density at radius 2 is 1.00 bits per heavy atom. The first-order valence-electron chi connectivity index (χ1n) is 11.4. The molecule has 0 aromatic heterocycles. The highest BCUT2D eigenvalue weighted by molar-refractivity contribution is 7.33. The lowest BCUT2D eigenvalue weighted by molar-refractivity contribution is 0.391. The van der Waals surface area contributed by atoms with Gasteiger partial charge in [0.05, 0.1) is 0 Å². The van der Waals surface area contributed by atoms with Gasteiger partial charge in [0.1, 0.15) is 0 Å². The van der Waals surface area contributed by atoms with E-state index in [9.17, 15) is 56.8 Å². The van der Waals surface area contributed by atoms with Crippen LogP contribution in [0.5, 0.6) is 28.7 Å². The maximum Gasteiger partial charge on any atom is 0.747 e. The van der Waals surface area contributed by atoms with E-state index < -0.39 is 72.7 Å². The van der Waals surface area contributed by atoms with Crippen molar-refractivity contribution in [1.82, 2.24) is 0 Å². The van der Waals surface area contributed by atoms with Crippen LogP contribution in [0.25, 0.3) is 11.3 Å². The lowest BCUT2D eigenvalue weighted by Crippen LogP contribution is -2.04. The molecule has 45 heavy (non-hydrogen) atoms.